The van der Waals surface area contributed by atoms with Crippen molar-refractivity contribution in [1.82, 2.24) is 4.57 Å². The molecule has 6 nitrogen and oxygen atoms in total. The number of carbonyl (C=O) groups is 1. The van der Waals surface area contributed by atoms with Crippen molar-refractivity contribution < 1.29 is 14.3 Å². The van der Waals surface area contributed by atoms with Crippen LogP contribution < -0.4 is 19.6 Å². The van der Waals surface area contributed by atoms with Crippen LogP contribution in [0.1, 0.15) is 34.5 Å². The topological polar surface area (TPSA) is 69.9 Å². The first-order chi connectivity index (χ1) is 21.3. The number of ether oxygens (including phenoxy) is 2. The second kappa shape index (κ2) is 13.8. The third-order valence-electron chi connectivity index (χ3n) is 6.81. The zero-order chi connectivity index (χ0) is 30.8. The molecule has 6 rings (SSSR count). The summed E-state index contributed by atoms with van der Waals surface area (Å²) in [5, 5.41) is 1.94. The molecule has 0 amide bonds. The first-order valence-corrected chi connectivity index (χ1v) is 18.2. The Balaban J connectivity index is 1.53. The van der Waals surface area contributed by atoms with Crippen LogP contribution in [0.2, 0.25) is 0 Å². The van der Waals surface area contributed by atoms with Crippen molar-refractivity contribution in [2.75, 3.05) is 6.61 Å². The van der Waals surface area contributed by atoms with Crippen molar-refractivity contribution >= 4 is 102 Å². The lowest BCUT2D eigenvalue weighted by molar-refractivity contribution is -0.138. The summed E-state index contributed by atoms with van der Waals surface area (Å²) in [7, 11) is 0. The van der Waals surface area contributed by atoms with Gasteiger partial charge in [0.2, 0.25) is 0 Å². The minimum absolute atomic E-state index is 0.209. The second-order valence-corrected chi connectivity index (χ2v) is 15.0. The Morgan fingerprint density at radius 1 is 1.07 bits per heavy atom. The van der Waals surface area contributed by atoms with E-state index in [0.717, 1.165) is 33.2 Å². The molecule has 0 saturated carbocycles. The van der Waals surface area contributed by atoms with Gasteiger partial charge in [0.25, 0.3) is 5.56 Å². The molecule has 0 unspecified atom stereocenters. The fourth-order valence-electron chi connectivity index (χ4n) is 4.87. The molecule has 1 aliphatic heterocycles. The number of thiazole rings is 1. The van der Waals surface area contributed by atoms with Gasteiger partial charge in [0, 0.05) is 24.0 Å². The van der Waals surface area contributed by atoms with Gasteiger partial charge in [0.05, 0.1) is 26.0 Å². The van der Waals surface area contributed by atoms with Crippen LogP contribution in [0.4, 0.5) is 0 Å². The third-order valence-corrected chi connectivity index (χ3v) is 10.7. The quantitative estimate of drug-likeness (QED) is 0.119. The minimum atomic E-state index is -0.674. The molecule has 3 aromatic carbocycles. The summed E-state index contributed by atoms with van der Waals surface area (Å²) in [6.45, 7) is 2.36. The van der Waals surface area contributed by atoms with Gasteiger partial charge in [-0.3, -0.25) is 9.36 Å². The molecule has 2 aromatic heterocycles. The largest absolute Gasteiger partial charge is 0.487 e. The number of hydrogen-bond donors (Lipinski definition) is 0. The van der Waals surface area contributed by atoms with E-state index >= 15 is 0 Å². The molecular weight excluding hydrogens is 886 g/mol. The smallest absolute Gasteiger partial charge is 0.338 e. The van der Waals surface area contributed by atoms with Crippen LogP contribution in [-0.4, -0.2) is 17.1 Å². The molecule has 1 atom stereocenters. The molecule has 11 heteroatoms. The van der Waals surface area contributed by atoms with Crippen molar-refractivity contribution in [3.63, 3.8) is 0 Å². The Bertz CT molecular complexity index is 2060. The summed E-state index contributed by atoms with van der Waals surface area (Å²) in [5.41, 5.74) is 3.24. The van der Waals surface area contributed by atoms with Crippen LogP contribution in [0.5, 0.6) is 5.75 Å². The summed E-state index contributed by atoms with van der Waals surface area (Å²) >= 11 is 10.8. The van der Waals surface area contributed by atoms with Gasteiger partial charge in [0.1, 0.15) is 18.4 Å². The standard InChI is InChI=1S/C33H23BrI2N2O4S2/c1-2-41-32(40)27-28(20-7-4-3-5-8-20)37-33-38(29(27)25-9-6-14-43-25)31(39)26(44-33)16-21-15-23(35)17-24(36)30(21)42-18-19-10-12-22(34)13-11-19/h3-17,29H,2,18H2,1H3/b26-16-/t29-/m0/s1. The van der Waals surface area contributed by atoms with Crippen molar-refractivity contribution in [1.29, 1.82) is 0 Å². The number of benzene rings is 3. The monoisotopic (exact) mass is 908 g/mol. The number of aromatic nitrogens is 1. The van der Waals surface area contributed by atoms with E-state index in [-0.39, 0.29) is 12.2 Å². The van der Waals surface area contributed by atoms with Gasteiger partial charge in [-0.1, -0.05) is 75.8 Å². The van der Waals surface area contributed by atoms with Gasteiger partial charge in [-0.15, -0.1) is 11.3 Å². The lowest BCUT2D eigenvalue weighted by atomic mass is 9.97. The van der Waals surface area contributed by atoms with Gasteiger partial charge in [-0.05, 0) is 99.5 Å². The molecule has 0 N–H and O–H groups in total. The van der Waals surface area contributed by atoms with Gasteiger partial charge >= 0.3 is 5.97 Å². The van der Waals surface area contributed by atoms with Gasteiger partial charge < -0.3 is 9.47 Å². The van der Waals surface area contributed by atoms with E-state index in [0.29, 0.717) is 33.0 Å². The maximum Gasteiger partial charge on any atom is 0.338 e. The molecule has 3 heterocycles. The number of fused-ring (bicyclic) bond motifs is 1. The average Bonchev–Trinajstić information content (AvgIpc) is 3.65. The summed E-state index contributed by atoms with van der Waals surface area (Å²) in [5.74, 6) is 0.213. The van der Waals surface area contributed by atoms with E-state index in [1.165, 1.54) is 22.7 Å². The highest BCUT2D eigenvalue weighted by molar-refractivity contribution is 14.1. The van der Waals surface area contributed by atoms with Crippen LogP contribution in [0.25, 0.3) is 11.8 Å². The predicted molar refractivity (Wildman–Crippen MR) is 196 cm³/mol. The Morgan fingerprint density at radius 3 is 2.55 bits per heavy atom. The van der Waals surface area contributed by atoms with Crippen LogP contribution in [0.15, 0.2) is 104 Å². The molecule has 0 aliphatic carbocycles. The maximum atomic E-state index is 14.2. The van der Waals surface area contributed by atoms with Gasteiger partial charge in [-0.25, -0.2) is 9.79 Å². The summed E-state index contributed by atoms with van der Waals surface area (Å²) < 4.78 is 17.0. The molecule has 0 saturated heterocycles. The van der Waals surface area contributed by atoms with E-state index in [2.05, 4.69) is 61.1 Å². The Kier molecular flexibility index (Phi) is 9.86. The number of rotatable bonds is 8. The molecule has 44 heavy (non-hydrogen) atoms. The fourth-order valence-corrected chi connectivity index (χ4v) is 9.00. The zero-order valence-corrected chi connectivity index (χ0v) is 30.7. The minimum Gasteiger partial charge on any atom is -0.487 e. The van der Waals surface area contributed by atoms with E-state index in [1.54, 1.807) is 11.5 Å². The highest BCUT2D eigenvalue weighted by Gasteiger charge is 2.35. The molecule has 222 valence electrons. The van der Waals surface area contributed by atoms with E-state index < -0.39 is 12.0 Å². The van der Waals surface area contributed by atoms with E-state index in [9.17, 15) is 9.59 Å². The maximum absolute atomic E-state index is 14.2. The van der Waals surface area contributed by atoms with Crippen molar-refractivity contribution in [2.45, 2.75) is 19.6 Å². The first kappa shape index (κ1) is 31.4. The summed E-state index contributed by atoms with van der Waals surface area (Å²) in [6.07, 6.45) is 1.87. The molecule has 0 fully saturated rings. The highest BCUT2D eigenvalue weighted by atomic mass is 127. The molecule has 5 aromatic rings. The third kappa shape index (κ3) is 6.52. The van der Waals surface area contributed by atoms with Crippen LogP contribution >= 0.6 is 83.8 Å². The number of esters is 1. The van der Waals surface area contributed by atoms with Crippen LogP contribution in [0.3, 0.4) is 0 Å². The van der Waals surface area contributed by atoms with E-state index in [1.807, 2.05) is 90.3 Å². The Hall–Kier alpha value is -2.59. The average molecular weight is 909 g/mol. The SMILES string of the molecule is CCOC(=O)C1=C(c2ccccc2)N=c2s/c(=C\c3cc(I)cc(I)c3OCc3ccc(Br)cc3)c(=O)n2[C@H]1c1cccs1. The van der Waals surface area contributed by atoms with Crippen molar-refractivity contribution in [3.05, 3.63) is 143 Å². The molecule has 1 aliphatic rings. The van der Waals surface area contributed by atoms with Crippen molar-refractivity contribution in [2.24, 2.45) is 4.99 Å². The lowest BCUT2D eigenvalue weighted by Crippen LogP contribution is -2.39. The summed E-state index contributed by atoms with van der Waals surface area (Å²) in [6, 6.07) is 24.8. The first-order valence-electron chi connectivity index (χ1n) is 13.5. The molecule has 0 bridgehead atoms. The highest BCUT2D eigenvalue weighted by Crippen LogP contribution is 2.37. The van der Waals surface area contributed by atoms with Crippen LogP contribution in [0, 0.1) is 7.14 Å². The number of hydrogen-bond acceptors (Lipinski definition) is 7. The fraction of sp³-hybridized carbons (Fsp3) is 0.121. The Labute approximate surface area is 297 Å². The summed E-state index contributed by atoms with van der Waals surface area (Å²) in [4.78, 5) is 34.1. The zero-order valence-electron chi connectivity index (χ0n) is 23.1. The second-order valence-electron chi connectivity index (χ2n) is 9.67. The number of halogens is 3. The number of nitrogens with zero attached hydrogens (tertiary/aromatic N) is 2. The van der Waals surface area contributed by atoms with Gasteiger partial charge in [-0.2, -0.15) is 0 Å². The molecular formula is C33H23BrI2N2O4S2. The normalized spacial score (nSPS) is 14.7. The molecule has 0 spiro atoms. The Morgan fingerprint density at radius 2 is 1.84 bits per heavy atom. The van der Waals surface area contributed by atoms with E-state index in [4.69, 9.17) is 14.5 Å². The molecule has 0 radical (unpaired) electrons. The lowest BCUT2D eigenvalue weighted by Gasteiger charge is -2.24. The predicted octanol–water partition coefficient (Wildman–Crippen LogP) is 7.55. The number of carbonyl (C=O) groups excluding carboxylic acids is 1. The van der Waals surface area contributed by atoms with Crippen LogP contribution in [-0.2, 0) is 16.1 Å². The van der Waals surface area contributed by atoms with Gasteiger partial charge in [0.15, 0.2) is 4.80 Å². The van der Waals surface area contributed by atoms with Crippen molar-refractivity contribution in [3.8, 4) is 5.75 Å². The number of thiophene rings is 1.